The monoisotopic (exact) mass is 395 g/mol. The van der Waals surface area contributed by atoms with Crippen LogP contribution in [0.25, 0.3) is 0 Å². The summed E-state index contributed by atoms with van der Waals surface area (Å²) < 4.78 is 11.2. The normalized spacial score (nSPS) is 16.1. The van der Waals surface area contributed by atoms with Gasteiger partial charge in [-0.1, -0.05) is 27.7 Å². The molecule has 8 nitrogen and oxygen atoms in total. The van der Waals surface area contributed by atoms with Gasteiger partial charge in [0.1, 0.15) is 24.2 Å². The smallest absolute Gasteiger partial charge is 0.265 e. The maximum atomic E-state index is 12.3. The van der Waals surface area contributed by atoms with Crippen LogP contribution in [-0.4, -0.2) is 73.3 Å². The Balaban J connectivity index is 2.02. The average molecular weight is 396 g/mol. The van der Waals surface area contributed by atoms with Crippen LogP contribution in [0.15, 0.2) is 18.2 Å². The van der Waals surface area contributed by atoms with E-state index in [1.54, 1.807) is 18.2 Å². The second-order valence-electron chi connectivity index (χ2n) is 7.67. The van der Waals surface area contributed by atoms with Gasteiger partial charge in [0.15, 0.2) is 6.61 Å². The Labute approximate surface area is 166 Å². The maximum absolute atomic E-state index is 12.3. The topological polar surface area (TPSA) is 103 Å². The summed E-state index contributed by atoms with van der Waals surface area (Å²) in [4.78, 5) is 13.9. The number of carbonyl (C=O) groups excluding carboxylic acids is 1. The van der Waals surface area contributed by atoms with Crippen LogP contribution < -0.4 is 25.0 Å². The van der Waals surface area contributed by atoms with Crippen molar-refractivity contribution in [3.63, 3.8) is 0 Å². The first-order valence-electron chi connectivity index (χ1n) is 9.79. The predicted molar refractivity (Wildman–Crippen MR) is 108 cm³/mol. The molecule has 1 aromatic carbocycles. The fraction of sp³-hybridized carbons (Fsp3) is 0.650. The zero-order valence-corrected chi connectivity index (χ0v) is 17.1. The van der Waals surface area contributed by atoms with E-state index < -0.39 is 12.2 Å². The molecule has 0 fully saturated rings. The van der Waals surface area contributed by atoms with Crippen LogP contribution in [-0.2, 0) is 4.79 Å². The molecule has 1 amide bonds. The standard InChI is InChI=1S/C20H33N3O5/c1-13(2)21-8-15(24)10-23-18-7-17(5-6-19(18)28-12-20(23)26)27-11-16(25)9-22-14(3)4/h5-7,13-16,21-22,24-25H,8-12H2,1-4H3. The lowest BCUT2D eigenvalue weighted by molar-refractivity contribution is -0.121. The van der Waals surface area contributed by atoms with Crippen LogP contribution in [0.4, 0.5) is 5.69 Å². The lowest BCUT2D eigenvalue weighted by atomic mass is 10.2. The summed E-state index contributed by atoms with van der Waals surface area (Å²) in [7, 11) is 0. The third-order valence-corrected chi connectivity index (χ3v) is 4.23. The van der Waals surface area contributed by atoms with Gasteiger partial charge in [-0.2, -0.15) is 0 Å². The van der Waals surface area contributed by atoms with Crippen LogP contribution in [0.3, 0.4) is 0 Å². The summed E-state index contributed by atoms with van der Waals surface area (Å²) in [5.41, 5.74) is 0.562. The second-order valence-corrected chi connectivity index (χ2v) is 7.67. The number of amides is 1. The minimum absolute atomic E-state index is 0.0584. The Hall–Kier alpha value is -1.87. The molecule has 1 heterocycles. The Kier molecular flexibility index (Phi) is 8.50. The molecule has 0 spiro atoms. The van der Waals surface area contributed by atoms with Crippen molar-refractivity contribution in [2.75, 3.05) is 37.7 Å². The molecule has 0 saturated carbocycles. The second kappa shape index (κ2) is 10.6. The van der Waals surface area contributed by atoms with E-state index in [-0.39, 0.29) is 37.7 Å². The van der Waals surface area contributed by atoms with Crippen molar-refractivity contribution in [3.8, 4) is 11.5 Å². The molecule has 2 atom stereocenters. The van der Waals surface area contributed by atoms with Crippen molar-refractivity contribution in [3.05, 3.63) is 18.2 Å². The SMILES string of the molecule is CC(C)NCC(O)COc1ccc2c(c1)N(CC(O)CNC(C)C)C(=O)CO2. The molecule has 0 aromatic heterocycles. The number of aliphatic hydroxyl groups is 2. The van der Waals surface area contributed by atoms with Crippen molar-refractivity contribution in [2.45, 2.75) is 52.0 Å². The van der Waals surface area contributed by atoms with E-state index in [1.165, 1.54) is 4.90 Å². The fourth-order valence-electron chi connectivity index (χ4n) is 2.74. The van der Waals surface area contributed by atoms with Crippen LogP contribution in [0.5, 0.6) is 11.5 Å². The highest BCUT2D eigenvalue weighted by atomic mass is 16.5. The third-order valence-electron chi connectivity index (χ3n) is 4.23. The summed E-state index contributed by atoms with van der Waals surface area (Å²) in [5.74, 6) is 0.882. The number of ether oxygens (including phenoxy) is 2. The van der Waals surface area contributed by atoms with Crippen LogP contribution in [0.1, 0.15) is 27.7 Å². The Morgan fingerprint density at radius 3 is 2.39 bits per heavy atom. The molecule has 28 heavy (non-hydrogen) atoms. The lowest BCUT2D eigenvalue weighted by Gasteiger charge is -2.31. The first-order valence-corrected chi connectivity index (χ1v) is 9.79. The number of hydrogen-bond donors (Lipinski definition) is 4. The molecule has 4 N–H and O–H groups in total. The van der Waals surface area contributed by atoms with E-state index >= 15 is 0 Å². The van der Waals surface area contributed by atoms with Gasteiger partial charge in [-0.05, 0) is 12.1 Å². The largest absolute Gasteiger partial charge is 0.491 e. The Morgan fingerprint density at radius 2 is 1.75 bits per heavy atom. The number of benzene rings is 1. The Morgan fingerprint density at radius 1 is 1.11 bits per heavy atom. The van der Waals surface area contributed by atoms with Crippen molar-refractivity contribution >= 4 is 11.6 Å². The van der Waals surface area contributed by atoms with Crippen LogP contribution >= 0.6 is 0 Å². The minimum atomic E-state index is -0.703. The summed E-state index contributed by atoms with van der Waals surface area (Å²) in [6, 6.07) is 5.72. The van der Waals surface area contributed by atoms with Crippen molar-refractivity contribution in [1.82, 2.24) is 10.6 Å². The number of fused-ring (bicyclic) bond motifs is 1. The molecule has 0 bridgehead atoms. The highest BCUT2D eigenvalue weighted by Gasteiger charge is 2.28. The molecular formula is C20H33N3O5. The zero-order valence-electron chi connectivity index (χ0n) is 17.1. The highest BCUT2D eigenvalue weighted by Crippen LogP contribution is 2.35. The van der Waals surface area contributed by atoms with Crippen molar-refractivity contribution in [2.24, 2.45) is 0 Å². The average Bonchev–Trinajstić information content (AvgIpc) is 2.65. The first-order chi connectivity index (χ1) is 13.3. The van der Waals surface area contributed by atoms with E-state index in [4.69, 9.17) is 9.47 Å². The first kappa shape index (κ1) is 22.4. The van der Waals surface area contributed by atoms with Gasteiger partial charge in [-0.25, -0.2) is 0 Å². The molecule has 1 aliphatic rings. The molecule has 0 saturated heterocycles. The van der Waals surface area contributed by atoms with Crippen LogP contribution in [0, 0.1) is 0 Å². The van der Waals surface area contributed by atoms with Crippen LogP contribution in [0.2, 0.25) is 0 Å². The molecule has 8 heteroatoms. The molecule has 0 aliphatic carbocycles. The predicted octanol–water partition coefficient (Wildman–Crippen LogP) is 0.509. The van der Waals surface area contributed by atoms with E-state index in [0.29, 0.717) is 30.3 Å². The van der Waals surface area contributed by atoms with E-state index in [9.17, 15) is 15.0 Å². The summed E-state index contributed by atoms with van der Waals surface area (Å²) in [5, 5.41) is 26.6. The molecule has 2 rings (SSSR count). The van der Waals surface area contributed by atoms with Gasteiger partial charge in [-0.3, -0.25) is 4.79 Å². The molecule has 1 aliphatic heterocycles. The summed E-state index contributed by atoms with van der Waals surface area (Å²) in [6.45, 7) is 9.08. The van der Waals surface area contributed by atoms with Gasteiger partial charge in [0, 0.05) is 31.2 Å². The lowest BCUT2D eigenvalue weighted by Crippen LogP contribution is -2.46. The van der Waals surface area contributed by atoms with Gasteiger partial charge in [-0.15, -0.1) is 0 Å². The Bertz CT molecular complexity index is 638. The molecule has 0 radical (unpaired) electrons. The molecular weight excluding hydrogens is 362 g/mol. The van der Waals surface area contributed by atoms with E-state index in [1.807, 2.05) is 27.7 Å². The number of rotatable bonds is 11. The number of anilines is 1. The van der Waals surface area contributed by atoms with Gasteiger partial charge < -0.3 is 35.2 Å². The van der Waals surface area contributed by atoms with E-state index in [2.05, 4.69) is 10.6 Å². The summed E-state index contributed by atoms with van der Waals surface area (Å²) in [6.07, 6.45) is -1.35. The molecule has 2 unspecified atom stereocenters. The van der Waals surface area contributed by atoms with Crippen molar-refractivity contribution in [1.29, 1.82) is 0 Å². The minimum Gasteiger partial charge on any atom is -0.491 e. The number of β-amino-alcohol motifs (C(OH)–C–C–N with tert-alkyl or cyclic N) is 1. The summed E-state index contributed by atoms with van der Waals surface area (Å²) >= 11 is 0. The van der Waals surface area contributed by atoms with E-state index in [0.717, 1.165) is 0 Å². The number of carbonyl (C=O) groups is 1. The van der Waals surface area contributed by atoms with Gasteiger partial charge >= 0.3 is 0 Å². The number of nitrogens with zero attached hydrogens (tertiary/aromatic N) is 1. The maximum Gasteiger partial charge on any atom is 0.265 e. The van der Waals surface area contributed by atoms with Gasteiger partial charge in [0.05, 0.1) is 18.3 Å². The van der Waals surface area contributed by atoms with Gasteiger partial charge in [0.25, 0.3) is 5.91 Å². The quantitative estimate of drug-likeness (QED) is 0.433. The third kappa shape index (κ3) is 6.94. The zero-order chi connectivity index (χ0) is 20.7. The molecule has 158 valence electrons. The number of aliphatic hydroxyl groups excluding tert-OH is 2. The number of nitrogens with one attached hydrogen (secondary N) is 2. The van der Waals surface area contributed by atoms with Gasteiger partial charge in [0.2, 0.25) is 0 Å². The number of hydrogen-bond acceptors (Lipinski definition) is 7. The highest BCUT2D eigenvalue weighted by molar-refractivity contribution is 5.98. The molecule has 1 aromatic rings. The van der Waals surface area contributed by atoms with Crippen molar-refractivity contribution < 1.29 is 24.5 Å². The fourth-order valence-corrected chi connectivity index (χ4v) is 2.74.